The van der Waals surface area contributed by atoms with E-state index in [0.29, 0.717) is 28.9 Å². The lowest BCUT2D eigenvalue weighted by Gasteiger charge is -2.13. The maximum atomic E-state index is 12.3. The SMILES string of the molecule is NC(=O)Nc1cccc(NC(=O)CCCN2C(=O)c3ccccc3C2=O)c1. The second-order valence-electron chi connectivity index (χ2n) is 6.03. The highest BCUT2D eigenvalue weighted by Crippen LogP contribution is 2.22. The summed E-state index contributed by atoms with van der Waals surface area (Å²) < 4.78 is 0. The summed E-state index contributed by atoms with van der Waals surface area (Å²) in [6.45, 7) is 0.170. The molecular formula is C19H18N4O4. The molecule has 4 N–H and O–H groups in total. The summed E-state index contributed by atoms with van der Waals surface area (Å²) in [6, 6.07) is 12.5. The van der Waals surface area contributed by atoms with E-state index >= 15 is 0 Å². The Balaban J connectivity index is 1.51. The van der Waals surface area contributed by atoms with E-state index in [2.05, 4.69) is 10.6 Å². The summed E-state index contributed by atoms with van der Waals surface area (Å²) in [6.07, 6.45) is 0.484. The van der Waals surface area contributed by atoms with E-state index in [1.807, 2.05) is 0 Å². The predicted molar refractivity (Wildman–Crippen MR) is 99.3 cm³/mol. The van der Waals surface area contributed by atoms with Crippen LogP contribution in [0.4, 0.5) is 16.2 Å². The first-order valence-electron chi connectivity index (χ1n) is 8.37. The molecule has 0 atom stereocenters. The molecule has 8 heteroatoms. The molecule has 2 aromatic carbocycles. The maximum absolute atomic E-state index is 12.3. The predicted octanol–water partition coefficient (Wildman–Crippen LogP) is 2.19. The fourth-order valence-electron chi connectivity index (χ4n) is 2.88. The van der Waals surface area contributed by atoms with Crippen LogP contribution in [0.25, 0.3) is 0 Å². The number of urea groups is 1. The van der Waals surface area contributed by atoms with Gasteiger partial charge in [-0.2, -0.15) is 0 Å². The van der Waals surface area contributed by atoms with Crippen molar-refractivity contribution in [1.29, 1.82) is 0 Å². The van der Waals surface area contributed by atoms with Crippen LogP contribution in [0.15, 0.2) is 48.5 Å². The highest BCUT2D eigenvalue weighted by Gasteiger charge is 2.34. The van der Waals surface area contributed by atoms with Crippen molar-refractivity contribution in [1.82, 2.24) is 4.90 Å². The first-order valence-corrected chi connectivity index (χ1v) is 8.37. The van der Waals surface area contributed by atoms with Crippen molar-refractivity contribution >= 4 is 35.1 Å². The third-order valence-corrected chi connectivity index (χ3v) is 4.08. The number of anilines is 2. The topological polar surface area (TPSA) is 122 Å². The fourth-order valence-corrected chi connectivity index (χ4v) is 2.88. The molecule has 0 saturated carbocycles. The number of nitrogens with two attached hydrogens (primary N) is 1. The normalized spacial score (nSPS) is 12.7. The number of amides is 5. The summed E-state index contributed by atoms with van der Waals surface area (Å²) in [5.74, 6) is -0.926. The Labute approximate surface area is 155 Å². The molecule has 0 saturated heterocycles. The molecule has 0 bridgehead atoms. The maximum Gasteiger partial charge on any atom is 0.316 e. The standard InChI is InChI=1S/C19H18N4O4/c20-19(27)22-13-6-3-5-12(11-13)21-16(24)9-4-10-23-17(25)14-7-1-2-8-15(14)18(23)26/h1-3,5-8,11H,4,9-10H2,(H,21,24)(H3,20,22,27). The Bertz CT molecular complexity index is 890. The molecule has 2 aromatic rings. The molecule has 0 fully saturated rings. The van der Waals surface area contributed by atoms with Gasteiger partial charge in [0.15, 0.2) is 0 Å². The van der Waals surface area contributed by atoms with Gasteiger partial charge in [0, 0.05) is 24.3 Å². The van der Waals surface area contributed by atoms with Gasteiger partial charge in [-0.05, 0) is 36.8 Å². The summed E-state index contributed by atoms with van der Waals surface area (Å²) in [5, 5.41) is 5.12. The molecular weight excluding hydrogens is 348 g/mol. The minimum absolute atomic E-state index is 0.140. The van der Waals surface area contributed by atoms with Gasteiger partial charge < -0.3 is 16.4 Å². The number of hydrogen-bond acceptors (Lipinski definition) is 4. The first kappa shape index (κ1) is 18.1. The molecule has 0 aromatic heterocycles. The number of fused-ring (bicyclic) bond motifs is 1. The van der Waals surface area contributed by atoms with Crippen LogP contribution >= 0.6 is 0 Å². The molecule has 3 rings (SSSR count). The van der Waals surface area contributed by atoms with Crippen LogP contribution in [-0.2, 0) is 4.79 Å². The number of hydrogen-bond donors (Lipinski definition) is 3. The molecule has 1 heterocycles. The zero-order valence-electron chi connectivity index (χ0n) is 14.4. The lowest BCUT2D eigenvalue weighted by atomic mass is 10.1. The molecule has 1 aliphatic rings. The van der Waals surface area contributed by atoms with E-state index in [9.17, 15) is 19.2 Å². The van der Waals surface area contributed by atoms with Crippen molar-refractivity contribution in [2.75, 3.05) is 17.2 Å². The second kappa shape index (κ2) is 7.69. The summed E-state index contributed by atoms with van der Waals surface area (Å²) in [4.78, 5) is 48.6. The van der Waals surface area contributed by atoms with Gasteiger partial charge in [0.1, 0.15) is 0 Å². The average Bonchev–Trinajstić information content (AvgIpc) is 2.87. The third kappa shape index (κ3) is 4.12. The van der Waals surface area contributed by atoms with E-state index in [0.717, 1.165) is 4.90 Å². The molecule has 5 amide bonds. The van der Waals surface area contributed by atoms with Crippen molar-refractivity contribution in [3.05, 3.63) is 59.7 Å². The molecule has 0 spiro atoms. The summed E-state index contributed by atoms with van der Waals surface area (Å²) in [7, 11) is 0. The monoisotopic (exact) mass is 366 g/mol. The molecule has 27 heavy (non-hydrogen) atoms. The number of nitrogens with one attached hydrogen (secondary N) is 2. The summed E-state index contributed by atoms with van der Waals surface area (Å²) in [5.41, 5.74) is 6.82. The zero-order valence-corrected chi connectivity index (χ0v) is 14.4. The second-order valence-corrected chi connectivity index (χ2v) is 6.03. The van der Waals surface area contributed by atoms with Crippen molar-refractivity contribution in [3.63, 3.8) is 0 Å². The highest BCUT2D eigenvalue weighted by atomic mass is 16.2. The van der Waals surface area contributed by atoms with Crippen molar-refractivity contribution in [2.24, 2.45) is 5.73 Å². The van der Waals surface area contributed by atoms with Gasteiger partial charge in [-0.3, -0.25) is 19.3 Å². The van der Waals surface area contributed by atoms with Crippen LogP contribution in [0.5, 0.6) is 0 Å². The van der Waals surface area contributed by atoms with Gasteiger partial charge in [0.05, 0.1) is 11.1 Å². The molecule has 8 nitrogen and oxygen atoms in total. The van der Waals surface area contributed by atoms with Gasteiger partial charge in [-0.25, -0.2) is 4.79 Å². The minimum atomic E-state index is -0.695. The van der Waals surface area contributed by atoms with E-state index in [4.69, 9.17) is 5.73 Å². The van der Waals surface area contributed by atoms with Crippen LogP contribution < -0.4 is 16.4 Å². The average molecular weight is 366 g/mol. The van der Waals surface area contributed by atoms with Gasteiger partial charge in [0.2, 0.25) is 5.91 Å². The van der Waals surface area contributed by atoms with Gasteiger partial charge in [-0.1, -0.05) is 18.2 Å². The lowest BCUT2D eigenvalue weighted by Crippen LogP contribution is -2.31. The Hall–Kier alpha value is -3.68. The van der Waals surface area contributed by atoms with Crippen LogP contribution in [-0.4, -0.2) is 35.2 Å². The summed E-state index contributed by atoms with van der Waals surface area (Å²) >= 11 is 0. The van der Waals surface area contributed by atoms with E-state index in [1.165, 1.54) is 0 Å². The van der Waals surface area contributed by atoms with E-state index in [1.54, 1.807) is 48.5 Å². The van der Waals surface area contributed by atoms with Crippen molar-refractivity contribution < 1.29 is 19.2 Å². The molecule has 0 unspecified atom stereocenters. The van der Waals surface area contributed by atoms with Crippen LogP contribution in [0.1, 0.15) is 33.6 Å². The van der Waals surface area contributed by atoms with E-state index in [-0.39, 0.29) is 30.7 Å². The number of benzene rings is 2. The van der Waals surface area contributed by atoms with Gasteiger partial charge in [-0.15, -0.1) is 0 Å². The van der Waals surface area contributed by atoms with Gasteiger partial charge in [0.25, 0.3) is 11.8 Å². The number of carbonyl (C=O) groups is 4. The zero-order chi connectivity index (χ0) is 19.4. The molecule has 0 aliphatic carbocycles. The lowest BCUT2D eigenvalue weighted by molar-refractivity contribution is -0.116. The third-order valence-electron chi connectivity index (χ3n) is 4.08. The number of nitrogens with zero attached hydrogens (tertiary/aromatic N) is 1. The molecule has 0 radical (unpaired) electrons. The number of carbonyl (C=O) groups excluding carboxylic acids is 4. The quantitative estimate of drug-likeness (QED) is 0.678. The number of primary amides is 1. The number of imide groups is 1. The van der Waals surface area contributed by atoms with Crippen molar-refractivity contribution in [2.45, 2.75) is 12.8 Å². The fraction of sp³-hybridized carbons (Fsp3) is 0.158. The smallest absolute Gasteiger partial charge is 0.316 e. The van der Waals surface area contributed by atoms with E-state index < -0.39 is 6.03 Å². The molecule has 1 aliphatic heterocycles. The number of rotatable bonds is 6. The Morgan fingerprint density at radius 3 is 2.07 bits per heavy atom. The van der Waals surface area contributed by atoms with Crippen LogP contribution in [0.2, 0.25) is 0 Å². The molecule has 138 valence electrons. The van der Waals surface area contributed by atoms with Crippen LogP contribution in [0.3, 0.4) is 0 Å². The van der Waals surface area contributed by atoms with Crippen LogP contribution in [0, 0.1) is 0 Å². The Morgan fingerprint density at radius 2 is 1.48 bits per heavy atom. The van der Waals surface area contributed by atoms with Crippen molar-refractivity contribution in [3.8, 4) is 0 Å². The Kier molecular flexibility index (Phi) is 5.16. The first-order chi connectivity index (χ1) is 13.0. The van der Waals surface area contributed by atoms with Gasteiger partial charge >= 0.3 is 6.03 Å². The highest BCUT2D eigenvalue weighted by molar-refractivity contribution is 6.21. The largest absolute Gasteiger partial charge is 0.351 e. The minimum Gasteiger partial charge on any atom is -0.351 e. The Morgan fingerprint density at radius 1 is 0.889 bits per heavy atom.